The number of carbonyl (C=O) groups excluding carboxylic acids is 1. The van der Waals surface area contributed by atoms with Gasteiger partial charge in [-0.05, 0) is 0 Å². The van der Waals surface area contributed by atoms with Crippen LogP contribution in [-0.4, -0.2) is 20.9 Å². The summed E-state index contributed by atoms with van der Waals surface area (Å²) in [5.74, 6) is -2.48. The number of aromatic nitrogens is 3. The van der Waals surface area contributed by atoms with Crippen LogP contribution in [0.1, 0.15) is 10.6 Å². The summed E-state index contributed by atoms with van der Waals surface area (Å²) < 4.78 is 0. The maximum atomic E-state index is 10.4. The first-order valence-corrected chi connectivity index (χ1v) is 2.51. The van der Waals surface area contributed by atoms with E-state index >= 15 is 0 Å². The van der Waals surface area contributed by atoms with Gasteiger partial charge in [0.15, 0.2) is 5.82 Å². The van der Waals surface area contributed by atoms with Crippen molar-refractivity contribution in [3.8, 4) is 0 Å². The van der Waals surface area contributed by atoms with Gasteiger partial charge in [0.1, 0.15) is 5.97 Å². The van der Waals surface area contributed by atoms with Crippen LogP contribution in [0.5, 0.6) is 0 Å². The van der Waals surface area contributed by atoms with Crippen LogP contribution in [0.15, 0.2) is 9.59 Å². The number of H-pyrrole nitrogens is 2. The minimum atomic E-state index is -1.70. The monoisotopic (exact) mass is 179 g/mol. The Balaban J connectivity index is 0.00000121. The molecule has 0 aliphatic rings. The van der Waals surface area contributed by atoms with Crippen molar-refractivity contribution < 1.29 is 39.5 Å². The van der Waals surface area contributed by atoms with E-state index in [1.54, 1.807) is 9.97 Å². The number of nitrogens with one attached hydrogen (secondary N) is 2. The Bertz CT molecular complexity index is 366. The maximum Gasteiger partial charge on any atom is 1.00 e. The molecule has 0 atom stereocenters. The van der Waals surface area contributed by atoms with Gasteiger partial charge in [-0.2, -0.15) is 4.98 Å². The molecule has 0 spiro atoms. The Kier molecular flexibility index (Phi) is 3.87. The van der Waals surface area contributed by atoms with Gasteiger partial charge >= 0.3 is 40.9 Å². The van der Waals surface area contributed by atoms with Crippen LogP contribution in [0.4, 0.5) is 0 Å². The first-order chi connectivity index (χ1) is 5.09. The smallest absolute Gasteiger partial charge is 0.542 e. The fourth-order valence-electron chi connectivity index (χ4n) is 0.490. The summed E-state index contributed by atoms with van der Waals surface area (Å²) in [6, 6.07) is 0. The van der Waals surface area contributed by atoms with Crippen molar-refractivity contribution in [2.75, 3.05) is 0 Å². The van der Waals surface area contributed by atoms with Crippen LogP contribution >= 0.6 is 0 Å². The number of rotatable bonds is 1. The molecular formula is C4H2N3NaO4. The fraction of sp³-hybridized carbons (Fsp3) is 0. The van der Waals surface area contributed by atoms with Crippen molar-refractivity contribution in [2.24, 2.45) is 0 Å². The second-order valence-electron chi connectivity index (χ2n) is 1.63. The molecule has 1 aromatic heterocycles. The first kappa shape index (κ1) is 11.1. The quantitative estimate of drug-likeness (QED) is 0.415. The van der Waals surface area contributed by atoms with Gasteiger partial charge in [-0.15, -0.1) is 0 Å². The number of carboxylic acid groups (broad SMARTS) is 1. The number of nitrogens with zero attached hydrogens (tertiary/aromatic N) is 1. The van der Waals surface area contributed by atoms with E-state index in [1.807, 2.05) is 0 Å². The number of aromatic carboxylic acids is 1. The van der Waals surface area contributed by atoms with Crippen LogP contribution in [0.3, 0.4) is 0 Å². The van der Waals surface area contributed by atoms with E-state index in [4.69, 9.17) is 0 Å². The van der Waals surface area contributed by atoms with Crippen molar-refractivity contribution in [3.05, 3.63) is 26.8 Å². The van der Waals surface area contributed by atoms with Crippen LogP contribution in [0.25, 0.3) is 0 Å². The molecule has 58 valence electrons. The molecule has 12 heavy (non-hydrogen) atoms. The zero-order chi connectivity index (χ0) is 8.43. The second kappa shape index (κ2) is 4.19. The Hall–Kier alpha value is -0.920. The molecule has 8 heteroatoms. The normalized spacial score (nSPS) is 8.67. The molecule has 0 radical (unpaired) electrons. The number of carboxylic acids is 1. The predicted octanol–water partition coefficient (Wildman–Crippen LogP) is -6.17. The van der Waals surface area contributed by atoms with E-state index < -0.39 is 23.2 Å². The molecule has 7 nitrogen and oxygen atoms in total. The SMILES string of the molecule is O=C([O-])c1nc(=O)[nH]c(=O)[nH]1.[Na+]. The van der Waals surface area contributed by atoms with Gasteiger partial charge in [-0.25, -0.2) is 9.59 Å². The number of hydrogen-bond acceptors (Lipinski definition) is 5. The van der Waals surface area contributed by atoms with Gasteiger partial charge in [-0.1, -0.05) is 0 Å². The third-order valence-electron chi connectivity index (χ3n) is 0.859. The van der Waals surface area contributed by atoms with Gasteiger partial charge in [0, 0.05) is 0 Å². The summed E-state index contributed by atoms with van der Waals surface area (Å²) in [5.41, 5.74) is -1.95. The Labute approximate surface area is 87.1 Å². The first-order valence-electron chi connectivity index (χ1n) is 2.51. The topological polar surface area (TPSA) is 119 Å². The minimum absolute atomic E-state index is 0. The van der Waals surface area contributed by atoms with E-state index in [1.165, 1.54) is 0 Å². The molecule has 0 aliphatic carbocycles. The molecule has 0 amide bonds. The largest absolute Gasteiger partial charge is 1.00 e. The van der Waals surface area contributed by atoms with Crippen molar-refractivity contribution in [3.63, 3.8) is 0 Å². The molecule has 2 N–H and O–H groups in total. The number of carbonyl (C=O) groups is 1. The number of aromatic amines is 2. The van der Waals surface area contributed by atoms with E-state index in [0.29, 0.717) is 0 Å². The molecule has 0 fully saturated rings. The van der Waals surface area contributed by atoms with Crippen molar-refractivity contribution in [1.29, 1.82) is 0 Å². The van der Waals surface area contributed by atoms with E-state index in [9.17, 15) is 19.5 Å². The average molecular weight is 179 g/mol. The van der Waals surface area contributed by atoms with Gasteiger partial charge in [0.2, 0.25) is 0 Å². The van der Waals surface area contributed by atoms with Gasteiger partial charge in [-0.3, -0.25) is 9.97 Å². The summed E-state index contributed by atoms with van der Waals surface area (Å²) in [7, 11) is 0. The third-order valence-corrected chi connectivity index (χ3v) is 0.859. The zero-order valence-electron chi connectivity index (χ0n) is 6.08. The Morgan fingerprint density at radius 3 is 2.33 bits per heavy atom. The van der Waals surface area contributed by atoms with Crippen molar-refractivity contribution in [2.45, 2.75) is 0 Å². The standard InChI is InChI=1S/C4H3N3O4.Na/c8-2(9)1-5-3(10)7-4(11)6-1;/h(H,8,9)(H2,5,6,7,10,11);/q;+1/p-1. The molecular weight excluding hydrogens is 177 g/mol. The second-order valence-corrected chi connectivity index (χ2v) is 1.63. The third kappa shape index (κ3) is 2.61. The van der Waals surface area contributed by atoms with Crippen molar-refractivity contribution >= 4 is 5.97 Å². The molecule has 0 bridgehead atoms. The van der Waals surface area contributed by atoms with Crippen molar-refractivity contribution in [1.82, 2.24) is 15.0 Å². The summed E-state index contributed by atoms with van der Waals surface area (Å²) in [5, 5.41) is 10.0. The molecule has 0 aliphatic heterocycles. The van der Waals surface area contributed by atoms with Crippen LogP contribution in [-0.2, 0) is 0 Å². The minimum Gasteiger partial charge on any atom is -0.542 e. The molecule has 0 unspecified atom stereocenters. The van der Waals surface area contributed by atoms with E-state index in [0.717, 1.165) is 0 Å². The van der Waals surface area contributed by atoms with E-state index in [2.05, 4.69) is 4.98 Å². The Morgan fingerprint density at radius 2 is 1.92 bits per heavy atom. The molecule has 0 saturated carbocycles. The summed E-state index contributed by atoms with van der Waals surface area (Å²) in [6.45, 7) is 0. The molecule has 0 aromatic carbocycles. The van der Waals surface area contributed by atoms with Gasteiger partial charge < -0.3 is 9.90 Å². The molecule has 1 heterocycles. The summed E-state index contributed by atoms with van der Waals surface area (Å²) in [6.07, 6.45) is 0. The van der Waals surface area contributed by atoms with Gasteiger partial charge in [0.05, 0.1) is 0 Å². The zero-order valence-corrected chi connectivity index (χ0v) is 8.08. The summed E-state index contributed by atoms with van der Waals surface area (Å²) >= 11 is 0. The Morgan fingerprint density at radius 1 is 1.33 bits per heavy atom. The average Bonchev–Trinajstić information content (AvgIpc) is 1.85. The summed E-state index contributed by atoms with van der Waals surface area (Å²) in [4.78, 5) is 37.1. The van der Waals surface area contributed by atoms with Crippen LogP contribution in [0.2, 0.25) is 0 Å². The number of hydrogen-bond donors (Lipinski definition) is 2. The maximum absolute atomic E-state index is 10.4. The molecule has 1 rings (SSSR count). The molecule has 1 aromatic rings. The fourth-order valence-corrected chi connectivity index (χ4v) is 0.490. The van der Waals surface area contributed by atoms with E-state index in [-0.39, 0.29) is 29.6 Å². The predicted molar refractivity (Wildman–Crippen MR) is 29.8 cm³/mol. The molecule has 0 saturated heterocycles. The van der Waals surface area contributed by atoms with Crippen LogP contribution in [0, 0.1) is 0 Å². The van der Waals surface area contributed by atoms with Crippen LogP contribution < -0.4 is 46.0 Å². The van der Waals surface area contributed by atoms with Gasteiger partial charge in [0.25, 0.3) is 0 Å².